The van der Waals surface area contributed by atoms with E-state index < -0.39 is 0 Å². The molecule has 0 aliphatic heterocycles. The van der Waals surface area contributed by atoms with Crippen LogP contribution in [0.25, 0.3) is 0 Å². The Morgan fingerprint density at radius 2 is 2.00 bits per heavy atom. The standard InChI is InChI=1S/C15H14ClIN2O2/c1-21-14-7-6-10(16)8-13(14)18-9-15(20)19-12-5-3-2-4-11(12)17/h2-8,18H,9H2,1H3,(H,19,20). The van der Waals surface area contributed by atoms with Crippen molar-refractivity contribution in [2.24, 2.45) is 0 Å². The fraction of sp³-hybridized carbons (Fsp3) is 0.133. The number of amides is 1. The first kappa shape index (κ1) is 15.9. The lowest BCUT2D eigenvalue weighted by Crippen LogP contribution is -2.22. The summed E-state index contributed by atoms with van der Waals surface area (Å²) in [5.74, 6) is 0.502. The molecule has 0 heterocycles. The Morgan fingerprint density at radius 3 is 2.71 bits per heavy atom. The number of carbonyl (C=O) groups excluding carboxylic acids is 1. The molecule has 2 aromatic rings. The smallest absolute Gasteiger partial charge is 0.243 e. The molecule has 0 radical (unpaired) electrons. The van der Waals surface area contributed by atoms with Gasteiger partial charge in [-0.25, -0.2) is 0 Å². The van der Waals surface area contributed by atoms with Gasteiger partial charge in [-0.1, -0.05) is 23.7 Å². The quantitative estimate of drug-likeness (QED) is 0.724. The van der Waals surface area contributed by atoms with E-state index in [0.29, 0.717) is 16.5 Å². The SMILES string of the molecule is COc1ccc(Cl)cc1NCC(=O)Nc1ccccc1I. The largest absolute Gasteiger partial charge is 0.495 e. The predicted molar refractivity (Wildman–Crippen MR) is 94.3 cm³/mol. The summed E-state index contributed by atoms with van der Waals surface area (Å²) < 4.78 is 6.21. The van der Waals surface area contributed by atoms with Gasteiger partial charge in [0.2, 0.25) is 5.91 Å². The van der Waals surface area contributed by atoms with E-state index >= 15 is 0 Å². The van der Waals surface area contributed by atoms with E-state index in [-0.39, 0.29) is 12.5 Å². The van der Waals surface area contributed by atoms with Gasteiger partial charge in [0.05, 0.1) is 25.0 Å². The molecule has 0 saturated heterocycles. The van der Waals surface area contributed by atoms with Crippen LogP contribution < -0.4 is 15.4 Å². The third kappa shape index (κ3) is 4.50. The van der Waals surface area contributed by atoms with Gasteiger partial charge in [-0.3, -0.25) is 4.79 Å². The number of halogens is 2. The summed E-state index contributed by atoms with van der Waals surface area (Å²) in [7, 11) is 1.57. The van der Waals surface area contributed by atoms with Crippen LogP contribution in [0.1, 0.15) is 0 Å². The van der Waals surface area contributed by atoms with Crippen LogP contribution in [0.5, 0.6) is 5.75 Å². The normalized spacial score (nSPS) is 10.0. The fourth-order valence-corrected chi connectivity index (χ4v) is 2.45. The highest BCUT2D eigenvalue weighted by Gasteiger charge is 2.08. The Bertz CT molecular complexity index is 649. The molecule has 0 unspecified atom stereocenters. The summed E-state index contributed by atoms with van der Waals surface area (Å²) >= 11 is 8.12. The van der Waals surface area contributed by atoms with E-state index in [1.165, 1.54) is 0 Å². The predicted octanol–water partition coefficient (Wildman–Crippen LogP) is 4.00. The number of methoxy groups -OCH3 is 1. The molecule has 0 saturated carbocycles. The molecule has 1 amide bonds. The van der Waals surface area contributed by atoms with Gasteiger partial charge >= 0.3 is 0 Å². The Balaban J connectivity index is 1.98. The molecular formula is C15H14ClIN2O2. The zero-order valence-electron chi connectivity index (χ0n) is 11.3. The lowest BCUT2D eigenvalue weighted by Gasteiger charge is -2.12. The minimum atomic E-state index is -0.138. The summed E-state index contributed by atoms with van der Waals surface area (Å²) in [6, 6.07) is 12.8. The van der Waals surface area contributed by atoms with Gasteiger partial charge < -0.3 is 15.4 Å². The monoisotopic (exact) mass is 416 g/mol. The lowest BCUT2D eigenvalue weighted by atomic mass is 10.3. The molecule has 6 heteroatoms. The van der Waals surface area contributed by atoms with Crippen LogP contribution in [0.15, 0.2) is 42.5 Å². The summed E-state index contributed by atoms with van der Waals surface area (Å²) in [5, 5.41) is 6.45. The average molecular weight is 417 g/mol. The topological polar surface area (TPSA) is 50.4 Å². The van der Waals surface area contributed by atoms with Gasteiger partial charge in [0, 0.05) is 8.59 Å². The molecule has 2 rings (SSSR count). The van der Waals surface area contributed by atoms with Crippen molar-refractivity contribution >= 4 is 51.5 Å². The second kappa shape index (κ2) is 7.51. The number of nitrogens with one attached hydrogen (secondary N) is 2. The first-order valence-corrected chi connectivity index (χ1v) is 7.67. The van der Waals surface area contributed by atoms with Crippen LogP contribution in [0, 0.1) is 3.57 Å². The van der Waals surface area contributed by atoms with Crippen LogP contribution in [0.4, 0.5) is 11.4 Å². The molecular weight excluding hydrogens is 403 g/mol. The molecule has 2 aromatic carbocycles. The fourth-order valence-electron chi connectivity index (χ4n) is 1.75. The van der Waals surface area contributed by atoms with Crippen molar-refractivity contribution in [2.45, 2.75) is 0 Å². The first-order chi connectivity index (χ1) is 10.1. The number of carbonyl (C=O) groups is 1. The number of benzene rings is 2. The van der Waals surface area contributed by atoms with Crippen LogP contribution in [-0.4, -0.2) is 19.6 Å². The van der Waals surface area contributed by atoms with Crippen LogP contribution in [0.2, 0.25) is 5.02 Å². The molecule has 0 spiro atoms. The Kier molecular flexibility index (Phi) is 5.69. The maximum Gasteiger partial charge on any atom is 0.243 e. The molecule has 0 fully saturated rings. The molecule has 0 aliphatic rings. The van der Waals surface area contributed by atoms with E-state index in [1.807, 2.05) is 24.3 Å². The molecule has 0 bridgehead atoms. The van der Waals surface area contributed by atoms with Crippen LogP contribution in [0.3, 0.4) is 0 Å². The molecule has 110 valence electrons. The molecule has 0 aromatic heterocycles. The Hall–Kier alpha value is -1.47. The van der Waals surface area contributed by atoms with E-state index in [2.05, 4.69) is 33.2 Å². The highest BCUT2D eigenvalue weighted by atomic mass is 127. The van der Waals surface area contributed by atoms with Crippen LogP contribution in [-0.2, 0) is 4.79 Å². The van der Waals surface area contributed by atoms with Crippen molar-refractivity contribution in [1.29, 1.82) is 0 Å². The van der Waals surface area contributed by atoms with Crippen molar-refractivity contribution in [3.05, 3.63) is 51.1 Å². The van der Waals surface area contributed by atoms with Gasteiger partial charge in [-0.15, -0.1) is 0 Å². The average Bonchev–Trinajstić information content (AvgIpc) is 2.48. The third-order valence-corrected chi connectivity index (χ3v) is 3.92. The first-order valence-electron chi connectivity index (χ1n) is 6.22. The number of hydrogen-bond acceptors (Lipinski definition) is 3. The maximum absolute atomic E-state index is 12.0. The third-order valence-electron chi connectivity index (χ3n) is 2.75. The van der Waals surface area contributed by atoms with E-state index in [1.54, 1.807) is 25.3 Å². The zero-order chi connectivity index (χ0) is 15.2. The number of para-hydroxylation sites is 1. The van der Waals surface area contributed by atoms with Crippen molar-refractivity contribution in [2.75, 3.05) is 24.3 Å². The van der Waals surface area contributed by atoms with Crippen LogP contribution >= 0.6 is 34.2 Å². The summed E-state index contributed by atoms with van der Waals surface area (Å²) in [4.78, 5) is 12.0. The van der Waals surface area contributed by atoms with E-state index in [4.69, 9.17) is 16.3 Å². The lowest BCUT2D eigenvalue weighted by molar-refractivity contribution is -0.114. The number of rotatable bonds is 5. The molecule has 4 nitrogen and oxygen atoms in total. The van der Waals surface area contributed by atoms with Gasteiger partial charge in [0.1, 0.15) is 5.75 Å². The number of hydrogen-bond donors (Lipinski definition) is 2. The summed E-state index contributed by atoms with van der Waals surface area (Å²) in [6.07, 6.45) is 0. The molecule has 2 N–H and O–H groups in total. The van der Waals surface area contributed by atoms with Gasteiger partial charge in [0.25, 0.3) is 0 Å². The second-order valence-corrected chi connectivity index (χ2v) is 5.82. The highest BCUT2D eigenvalue weighted by Crippen LogP contribution is 2.27. The Labute approximate surface area is 142 Å². The molecule has 0 aliphatic carbocycles. The molecule has 0 atom stereocenters. The van der Waals surface area contributed by atoms with Crippen molar-refractivity contribution in [1.82, 2.24) is 0 Å². The summed E-state index contributed by atoms with van der Waals surface area (Å²) in [6.45, 7) is 0.127. The highest BCUT2D eigenvalue weighted by molar-refractivity contribution is 14.1. The van der Waals surface area contributed by atoms with E-state index in [0.717, 1.165) is 9.26 Å². The number of ether oxygens (including phenoxy) is 1. The Morgan fingerprint density at radius 1 is 1.24 bits per heavy atom. The maximum atomic E-state index is 12.0. The van der Waals surface area contributed by atoms with Gasteiger partial charge in [-0.2, -0.15) is 0 Å². The van der Waals surface area contributed by atoms with Crippen molar-refractivity contribution < 1.29 is 9.53 Å². The summed E-state index contributed by atoms with van der Waals surface area (Å²) in [5.41, 5.74) is 1.48. The number of anilines is 2. The molecule has 21 heavy (non-hydrogen) atoms. The minimum absolute atomic E-state index is 0.127. The van der Waals surface area contributed by atoms with Crippen molar-refractivity contribution in [3.8, 4) is 5.75 Å². The minimum Gasteiger partial charge on any atom is -0.495 e. The van der Waals surface area contributed by atoms with Crippen molar-refractivity contribution in [3.63, 3.8) is 0 Å². The second-order valence-electron chi connectivity index (χ2n) is 4.23. The van der Waals surface area contributed by atoms with Gasteiger partial charge in [0.15, 0.2) is 0 Å². The zero-order valence-corrected chi connectivity index (χ0v) is 14.2. The van der Waals surface area contributed by atoms with Gasteiger partial charge in [-0.05, 0) is 52.9 Å². The van der Waals surface area contributed by atoms with E-state index in [9.17, 15) is 4.79 Å².